The first-order valence-electron chi connectivity index (χ1n) is 5.17. The minimum atomic E-state index is -1.43. The molecular formula is C11H14BNO3. The second-order valence-electron chi connectivity index (χ2n) is 4.51. The second-order valence-corrected chi connectivity index (χ2v) is 4.51. The number of nitrogens with zero attached hydrogens (tertiary/aromatic N) is 1. The Hall–Kier alpha value is -1.33. The lowest BCUT2D eigenvalue weighted by molar-refractivity contribution is 0.279. The minimum Gasteiger partial charge on any atom is -0.475 e. The molecule has 0 radical (unpaired) electrons. The van der Waals surface area contributed by atoms with Gasteiger partial charge in [-0.05, 0) is 31.4 Å². The molecule has 2 rings (SSSR count). The standard InChI is InChI=1S/C11H14BNO3/c1-11(2)7-16-10(13-11)8-3-5-9(6-4-8)12(14)15/h3-6,14-15H,7H2,1-2H3. The first-order chi connectivity index (χ1) is 7.48. The van der Waals surface area contributed by atoms with Crippen LogP contribution in [0.25, 0.3) is 0 Å². The van der Waals surface area contributed by atoms with Crippen molar-refractivity contribution in [2.45, 2.75) is 19.4 Å². The SMILES string of the molecule is CC1(C)COC(c2ccc(B(O)O)cc2)=N1. The highest BCUT2D eigenvalue weighted by Gasteiger charge is 2.27. The summed E-state index contributed by atoms with van der Waals surface area (Å²) in [4.78, 5) is 4.43. The Morgan fingerprint density at radius 2 is 1.88 bits per heavy atom. The Labute approximate surface area is 94.7 Å². The summed E-state index contributed by atoms with van der Waals surface area (Å²) in [6.07, 6.45) is 0. The number of aliphatic imine (C=N–C) groups is 1. The predicted octanol–water partition coefficient (Wildman–Crippen LogP) is -0.0782. The summed E-state index contributed by atoms with van der Waals surface area (Å²) in [5.41, 5.74) is 1.14. The molecule has 1 aliphatic heterocycles. The number of rotatable bonds is 2. The first kappa shape index (κ1) is 11.2. The number of ether oxygens (including phenoxy) is 1. The third kappa shape index (κ3) is 2.26. The van der Waals surface area contributed by atoms with Gasteiger partial charge in [-0.15, -0.1) is 0 Å². The van der Waals surface area contributed by atoms with Crippen LogP contribution >= 0.6 is 0 Å². The van der Waals surface area contributed by atoms with Crippen LogP contribution in [0.2, 0.25) is 0 Å². The van der Waals surface area contributed by atoms with Crippen molar-refractivity contribution in [3.63, 3.8) is 0 Å². The quantitative estimate of drug-likeness (QED) is 0.684. The maximum Gasteiger partial charge on any atom is 0.488 e. The summed E-state index contributed by atoms with van der Waals surface area (Å²) in [7, 11) is -1.43. The van der Waals surface area contributed by atoms with Crippen LogP contribution < -0.4 is 5.46 Å². The van der Waals surface area contributed by atoms with E-state index in [9.17, 15) is 0 Å². The Kier molecular flexibility index (Phi) is 2.74. The highest BCUT2D eigenvalue weighted by molar-refractivity contribution is 6.58. The van der Waals surface area contributed by atoms with Gasteiger partial charge in [-0.3, -0.25) is 0 Å². The van der Waals surface area contributed by atoms with Gasteiger partial charge in [0.2, 0.25) is 5.90 Å². The van der Waals surface area contributed by atoms with Gasteiger partial charge in [0.05, 0.1) is 5.54 Å². The Bertz CT molecular complexity index is 412. The van der Waals surface area contributed by atoms with Gasteiger partial charge in [-0.1, -0.05) is 12.1 Å². The van der Waals surface area contributed by atoms with Gasteiger partial charge >= 0.3 is 7.12 Å². The topological polar surface area (TPSA) is 62.0 Å². The van der Waals surface area contributed by atoms with Crippen molar-refractivity contribution >= 4 is 18.5 Å². The van der Waals surface area contributed by atoms with E-state index in [1.807, 2.05) is 13.8 Å². The lowest BCUT2D eigenvalue weighted by Gasteiger charge is -2.07. The fraction of sp³-hybridized carbons (Fsp3) is 0.364. The third-order valence-corrected chi connectivity index (χ3v) is 2.42. The molecule has 1 aromatic rings. The van der Waals surface area contributed by atoms with Gasteiger partial charge in [0, 0.05) is 5.56 Å². The third-order valence-electron chi connectivity index (χ3n) is 2.42. The van der Waals surface area contributed by atoms with E-state index in [-0.39, 0.29) is 5.54 Å². The molecule has 16 heavy (non-hydrogen) atoms. The molecule has 0 aliphatic carbocycles. The molecule has 0 saturated carbocycles. The molecule has 1 aromatic carbocycles. The van der Waals surface area contributed by atoms with Gasteiger partial charge in [0.15, 0.2) is 0 Å². The van der Waals surface area contributed by atoms with E-state index in [4.69, 9.17) is 14.8 Å². The van der Waals surface area contributed by atoms with Crippen LogP contribution in [-0.4, -0.2) is 35.2 Å². The monoisotopic (exact) mass is 219 g/mol. The van der Waals surface area contributed by atoms with Crippen molar-refractivity contribution < 1.29 is 14.8 Å². The van der Waals surface area contributed by atoms with Crippen LogP contribution in [0.1, 0.15) is 19.4 Å². The van der Waals surface area contributed by atoms with E-state index in [0.717, 1.165) is 5.56 Å². The zero-order chi connectivity index (χ0) is 11.8. The summed E-state index contributed by atoms with van der Waals surface area (Å²) in [6.45, 7) is 4.59. The zero-order valence-corrected chi connectivity index (χ0v) is 9.34. The number of benzene rings is 1. The lowest BCUT2D eigenvalue weighted by atomic mass is 9.80. The number of hydrogen-bond acceptors (Lipinski definition) is 4. The van der Waals surface area contributed by atoms with E-state index in [0.29, 0.717) is 18.0 Å². The molecule has 0 fully saturated rings. The minimum absolute atomic E-state index is 0.176. The maximum atomic E-state index is 8.96. The largest absolute Gasteiger partial charge is 0.488 e. The average Bonchev–Trinajstić information content (AvgIpc) is 2.59. The molecule has 84 valence electrons. The van der Waals surface area contributed by atoms with Crippen molar-refractivity contribution in [2.24, 2.45) is 4.99 Å². The molecule has 0 aromatic heterocycles. The highest BCUT2D eigenvalue weighted by atomic mass is 16.5. The molecule has 4 nitrogen and oxygen atoms in total. The van der Waals surface area contributed by atoms with Crippen LogP contribution in [0.3, 0.4) is 0 Å². The summed E-state index contributed by atoms with van der Waals surface area (Å²) in [5, 5.41) is 17.9. The molecule has 0 unspecified atom stereocenters. The summed E-state index contributed by atoms with van der Waals surface area (Å²) < 4.78 is 5.48. The first-order valence-corrected chi connectivity index (χ1v) is 5.17. The molecule has 0 atom stereocenters. The normalized spacial score (nSPS) is 17.9. The molecule has 5 heteroatoms. The average molecular weight is 219 g/mol. The van der Waals surface area contributed by atoms with E-state index in [1.54, 1.807) is 24.3 Å². The van der Waals surface area contributed by atoms with Crippen LogP contribution in [0.15, 0.2) is 29.3 Å². The zero-order valence-electron chi connectivity index (χ0n) is 9.34. The van der Waals surface area contributed by atoms with Gasteiger partial charge in [0.1, 0.15) is 6.61 Å². The summed E-state index contributed by atoms with van der Waals surface area (Å²) >= 11 is 0. The van der Waals surface area contributed by atoms with E-state index in [1.165, 1.54) is 0 Å². The van der Waals surface area contributed by atoms with Gasteiger partial charge < -0.3 is 14.8 Å². The lowest BCUT2D eigenvalue weighted by Crippen LogP contribution is -2.29. The van der Waals surface area contributed by atoms with E-state index in [2.05, 4.69) is 4.99 Å². The van der Waals surface area contributed by atoms with Crippen LogP contribution in [-0.2, 0) is 4.74 Å². The van der Waals surface area contributed by atoms with Crippen LogP contribution in [0.4, 0.5) is 0 Å². The Balaban J connectivity index is 2.23. The van der Waals surface area contributed by atoms with Crippen molar-refractivity contribution in [2.75, 3.05) is 6.61 Å². The maximum absolute atomic E-state index is 8.96. The molecular weight excluding hydrogens is 205 g/mol. The molecule has 1 heterocycles. The van der Waals surface area contributed by atoms with Crippen LogP contribution in [0, 0.1) is 0 Å². The Morgan fingerprint density at radius 3 is 2.31 bits per heavy atom. The molecule has 0 saturated heterocycles. The second kappa shape index (κ2) is 3.92. The fourth-order valence-corrected chi connectivity index (χ4v) is 1.53. The smallest absolute Gasteiger partial charge is 0.475 e. The molecule has 0 bridgehead atoms. The van der Waals surface area contributed by atoms with Gasteiger partial charge in [-0.2, -0.15) is 0 Å². The van der Waals surface area contributed by atoms with E-state index >= 15 is 0 Å². The van der Waals surface area contributed by atoms with Crippen molar-refractivity contribution in [3.8, 4) is 0 Å². The molecule has 0 amide bonds. The summed E-state index contributed by atoms with van der Waals surface area (Å²) in [5.74, 6) is 0.615. The van der Waals surface area contributed by atoms with Crippen molar-refractivity contribution in [3.05, 3.63) is 29.8 Å². The molecule has 1 aliphatic rings. The fourth-order valence-electron chi connectivity index (χ4n) is 1.53. The molecule has 0 spiro atoms. The van der Waals surface area contributed by atoms with Gasteiger partial charge in [0.25, 0.3) is 0 Å². The van der Waals surface area contributed by atoms with Gasteiger partial charge in [-0.25, -0.2) is 4.99 Å². The number of hydrogen-bond donors (Lipinski definition) is 2. The predicted molar refractivity (Wildman–Crippen MR) is 62.8 cm³/mol. The summed E-state index contributed by atoms with van der Waals surface area (Å²) in [6, 6.07) is 6.85. The Morgan fingerprint density at radius 1 is 1.25 bits per heavy atom. The highest BCUT2D eigenvalue weighted by Crippen LogP contribution is 2.20. The van der Waals surface area contributed by atoms with Crippen LogP contribution in [0.5, 0.6) is 0 Å². The van der Waals surface area contributed by atoms with Crippen molar-refractivity contribution in [1.29, 1.82) is 0 Å². The van der Waals surface area contributed by atoms with Crippen molar-refractivity contribution in [1.82, 2.24) is 0 Å². The van der Waals surface area contributed by atoms with E-state index < -0.39 is 7.12 Å². The molecule has 2 N–H and O–H groups in total.